The van der Waals surface area contributed by atoms with Gasteiger partial charge >= 0.3 is 0 Å². The first-order chi connectivity index (χ1) is 10.8. The van der Waals surface area contributed by atoms with Crippen LogP contribution in [0, 0.1) is 0 Å². The number of rotatable bonds is 7. The zero-order valence-corrected chi connectivity index (χ0v) is 16.1. The first-order valence-corrected chi connectivity index (χ1v) is 7.76. The molecule has 0 radical (unpaired) electrons. The molecule has 0 saturated carbocycles. The zero-order valence-electron chi connectivity index (χ0n) is 13.8. The van der Waals surface area contributed by atoms with Gasteiger partial charge in [-0.3, -0.25) is 9.67 Å². The summed E-state index contributed by atoms with van der Waals surface area (Å²) in [5, 5.41) is 10.9. The van der Waals surface area contributed by atoms with E-state index >= 15 is 0 Å². The van der Waals surface area contributed by atoms with Crippen LogP contribution in [-0.2, 0) is 6.54 Å². The molecule has 0 spiro atoms. The molecule has 2 aromatic rings. The van der Waals surface area contributed by atoms with Crippen LogP contribution in [0.5, 0.6) is 0 Å². The molecule has 0 aliphatic heterocycles. The molecular weight excluding hydrogens is 401 g/mol. The number of benzene rings is 1. The van der Waals surface area contributed by atoms with Gasteiger partial charge < -0.3 is 10.6 Å². The van der Waals surface area contributed by atoms with Crippen molar-refractivity contribution in [1.29, 1.82) is 0 Å². The number of hydrogen-bond acceptors (Lipinski definition) is 2. The van der Waals surface area contributed by atoms with Crippen molar-refractivity contribution in [3.8, 4) is 0 Å². The Kier molecular flexibility index (Phi) is 9.35. The molecule has 0 bridgehead atoms. The fourth-order valence-electron chi connectivity index (χ4n) is 2.25. The fourth-order valence-corrected chi connectivity index (χ4v) is 2.25. The van der Waals surface area contributed by atoms with Gasteiger partial charge in [-0.1, -0.05) is 37.3 Å². The van der Waals surface area contributed by atoms with E-state index in [1.807, 2.05) is 23.0 Å². The van der Waals surface area contributed by atoms with Gasteiger partial charge in [0.1, 0.15) is 0 Å². The number of nitrogens with zero attached hydrogens (tertiary/aromatic N) is 3. The molecule has 1 atom stereocenters. The lowest BCUT2D eigenvalue weighted by molar-refractivity contribution is 0.569. The van der Waals surface area contributed by atoms with E-state index < -0.39 is 0 Å². The molecule has 0 fully saturated rings. The Morgan fingerprint density at radius 3 is 2.65 bits per heavy atom. The minimum absolute atomic E-state index is 0. The van der Waals surface area contributed by atoms with Crippen molar-refractivity contribution >= 4 is 29.9 Å². The standard InChI is InChI=1S/C17H25N5.HI/c1-15(16-8-4-3-5-9-16)14-20-17(18-2)19-10-6-12-22-13-7-11-21-22;/h3-5,7-9,11,13,15H,6,10,12,14H2,1-2H3,(H2,18,19,20);1H. The van der Waals surface area contributed by atoms with E-state index in [4.69, 9.17) is 0 Å². The van der Waals surface area contributed by atoms with Crippen LogP contribution in [0.2, 0.25) is 0 Å². The number of guanidine groups is 1. The van der Waals surface area contributed by atoms with E-state index in [2.05, 4.69) is 51.9 Å². The van der Waals surface area contributed by atoms with Crippen molar-refractivity contribution in [3.63, 3.8) is 0 Å². The number of aliphatic imine (C=N–C) groups is 1. The minimum Gasteiger partial charge on any atom is -0.356 e. The van der Waals surface area contributed by atoms with E-state index in [0.29, 0.717) is 5.92 Å². The molecule has 1 heterocycles. The molecule has 126 valence electrons. The van der Waals surface area contributed by atoms with Crippen LogP contribution in [-0.4, -0.2) is 35.9 Å². The Balaban J connectivity index is 0.00000264. The largest absolute Gasteiger partial charge is 0.356 e. The molecule has 1 aromatic heterocycles. The predicted molar refractivity (Wildman–Crippen MR) is 106 cm³/mol. The van der Waals surface area contributed by atoms with Gasteiger partial charge in [0.25, 0.3) is 0 Å². The average molecular weight is 427 g/mol. The number of halogens is 1. The van der Waals surface area contributed by atoms with E-state index in [0.717, 1.165) is 32.0 Å². The lowest BCUT2D eigenvalue weighted by atomic mass is 10.0. The maximum Gasteiger partial charge on any atom is 0.190 e. The number of aromatic nitrogens is 2. The molecule has 0 saturated heterocycles. The predicted octanol–water partition coefficient (Wildman–Crippen LogP) is 2.86. The maximum atomic E-state index is 4.26. The lowest BCUT2D eigenvalue weighted by Gasteiger charge is -2.16. The van der Waals surface area contributed by atoms with Gasteiger partial charge in [0, 0.05) is 39.1 Å². The van der Waals surface area contributed by atoms with Crippen LogP contribution in [0.15, 0.2) is 53.8 Å². The highest BCUT2D eigenvalue weighted by molar-refractivity contribution is 14.0. The van der Waals surface area contributed by atoms with Crippen molar-refractivity contribution < 1.29 is 0 Å². The first kappa shape index (κ1) is 19.5. The minimum atomic E-state index is 0. The van der Waals surface area contributed by atoms with Crippen molar-refractivity contribution in [3.05, 3.63) is 54.4 Å². The summed E-state index contributed by atoms with van der Waals surface area (Å²) in [7, 11) is 1.80. The second-order valence-corrected chi connectivity index (χ2v) is 5.31. The Bertz CT molecular complexity index is 554. The van der Waals surface area contributed by atoms with Crippen molar-refractivity contribution in [1.82, 2.24) is 20.4 Å². The Morgan fingerprint density at radius 2 is 2.00 bits per heavy atom. The van der Waals surface area contributed by atoms with E-state index in [9.17, 15) is 0 Å². The molecule has 0 aliphatic carbocycles. The Hall–Kier alpha value is -1.57. The van der Waals surface area contributed by atoms with Crippen LogP contribution in [0.1, 0.15) is 24.8 Å². The summed E-state index contributed by atoms with van der Waals surface area (Å²) in [4.78, 5) is 4.26. The summed E-state index contributed by atoms with van der Waals surface area (Å²) in [6, 6.07) is 12.5. The third-order valence-electron chi connectivity index (χ3n) is 3.58. The molecule has 2 N–H and O–H groups in total. The molecule has 1 unspecified atom stereocenters. The smallest absolute Gasteiger partial charge is 0.190 e. The van der Waals surface area contributed by atoms with E-state index in [-0.39, 0.29) is 24.0 Å². The molecule has 0 aliphatic rings. The van der Waals surface area contributed by atoms with Crippen molar-refractivity contribution in [2.75, 3.05) is 20.1 Å². The number of nitrogens with one attached hydrogen (secondary N) is 2. The average Bonchev–Trinajstić information content (AvgIpc) is 3.08. The van der Waals surface area contributed by atoms with Gasteiger partial charge in [0.05, 0.1) is 0 Å². The summed E-state index contributed by atoms with van der Waals surface area (Å²) in [6.45, 7) is 4.87. The van der Waals surface area contributed by atoms with Crippen molar-refractivity contribution in [2.24, 2.45) is 4.99 Å². The molecule has 23 heavy (non-hydrogen) atoms. The molecule has 0 amide bonds. The van der Waals surface area contributed by atoms with Gasteiger partial charge in [0.15, 0.2) is 5.96 Å². The topological polar surface area (TPSA) is 54.2 Å². The molecular formula is C17H26IN5. The van der Waals surface area contributed by atoms with Gasteiger partial charge in [0.2, 0.25) is 0 Å². The monoisotopic (exact) mass is 427 g/mol. The quantitative estimate of drug-likeness (QED) is 0.309. The zero-order chi connectivity index (χ0) is 15.6. The van der Waals surface area contributed by atoms with Crippen LogP contribution in [0.25, 0.3) is 0 Å². The molecule has 5 nitrogen and oxygen atoms in total. The van der Waals surface area contributed by atoms with E-state index in [1.54, 1.807) is 13.2 Å². The summed E-state index contributed by atoms with van der Waals surface area (Å²) >= 11 is 0. The van der Waals surface area contributed by atoms with Crippen LogP contribution in [0.4, 0.5) is 0 Å². The summed E-state index contributed by atoms with van der Waals surface area (Å²) in [5.74, 6) is 1.30. The summed E-state index contributed by atoms with van der Waals surface area (Å²) in [5.41, 5.74) is 1.34. The number of hydrogen-bond donors (Lipinski definition) is 2. The van der Waals surface area contributed by atoms with E-state index in [1.165, 1.54) is 5.56 Å². The third-order valence-corrected chi connectivity index (χ3v) is 3.58. The second-order valence-electron chi connectivity index (χ2n) is 5.31. The maximum absolute atomic E-state index is 4.26. The van der Waals surface area contributed by atoms with Gasteiger partial charge in [-0.25, -0.2) is 0 Å². The molecule has 2 rings (SSSR count). The van der Waals surface area contributed by atoms with Crippen LogP contribution < -0.4 is 10.6 Å². The second kappa shape index (κ2) is 11.0. The number of aryl methyl sites for hydroxylation is 1. The van der Waals surface area contributed by atoms with Gasteiger partial charge in [-0.15, -0.1) is 24.0 Å². The van der Waals surface area contributed by atoms with Gasteiger partial charge in [-0.2, -0.15) is 5.10 Å². The van der Waals surface area contributed by atoms with Crippen LogP contribution >= 0.6 is 24.0 Å². The lowest BCUT2D eigenvalue weighted by Crippen LogP contribution is -2.39. The highest BCUT2D eigenvalue weighted by Gasteiger charge is 2.05. The molecule has 6 heteroatoms. The summed E-state index contributed by atoms with van der Waals surface area (Å²) in [6.07, 6.45) is 4.80. The molecule has 1 aromatic carbocycles. The van der Waals surface area contributed by atoms with Crippen molar-refractivity contribution in [2.45, 2.75) is 25.8 Å². The highest BCUT2D eigenvalue weighted by Crippen LogP contribution is 2.12. The SMILES string of the molecule is CN=C(NCCCn1cccn1)NCC(C)c1ccccc1.I. The highest BCUT2D eigenvalue weighted by atomic mass is 127. The third kappa shape index (κ3) is 7.02. The van der Waals surface area contributed by atoms with Gasteiger partial charge in [-0.05, 0) is 24.0 Å². The fraction of sp³-hybridized carbons (Fsp3) is 0.412. The Labute approximate surface area is 155 Å². The first-order valence-electron chi connectivity index (χ1n) is 7.76. The summed E-state index contributed by atoms with van der Waals surface area (Å²) < 4.78 is 1.94. The van der Waals surface area contributed by atoms with Crippen LogP contribution in [0.3, 0.4) is 0 Å². The Morgan fingerprint density at radius 1 is 1.22 bits per heavy atom. The normalized spacial score (nSPS) is 12.3.